The molecule has 15 heavy (non-hydrogen) atoms. The van der Waals surface area contributed by atoms with Gasteiger partial charge in [0.15, 0.2) is 6.29 Å². The summed E-state index contributed by atoms with van der Waals surface area (Å²) in [7, 11) is 3.08. The Balaban J connectivity index is 3.48. The molecule has 0 aromatic rings. The van der Waals surface area contributed by atoms with Crippen molar-refractivity contribution in [3.8, 4) is 0 Å². The fourth-order valence-corrected chi connectivity index (χ4v) is 1.13. The van der Waals surface area contributed by atoms with Crippen LogP contribution in [0.25, 0.3) is 0 Å². The Morgan fingerprint density at radius 2 is 2.00 bits per heavy atom. The molecule has 0 aromatic carbocycles. The first-order chi connectivity index (χ1) is 7.10. The maximum Gasteiger partial charge on any atom is 0.220 e. The summed E-state index contributed by atoms with van der Waals surface area (Å²) in [5.74, 6) is 0.00903. The van der Waals surface area contributed by atoms with Crippen LogP contribution in [-0.2, 0) is 14.3 Å². The van der Waals surface area contributed by atoms with Gasteiger partial charge in [0.2, 0.25) is 5.91 Å². The highest BCUT2D eigenvalue weighted by molar-refractivity contribution is 5.75. The minimum absolute atomic E-state index is 0.00903. The third kappa shape index (κ3) is 8.35. The van der Waals surface area contributed by atoms with Crippen molar-refractivity contribution in [3.05, 3.63) is 0 Å². The van der Waals surface area contributed by atoms with E-state index in [1.54, 1.807) is 0 Å². The number of rotatable bonds is 8. The second-order valence-corrected chi connectivity index (χ2v) is 3.57. The molecule has 3 N–H and O–H groups in total. The van der Waals surface area contributed by atoms with Gasteiger partial charge in [-0.15, -0.1) is 0 Å². The number of methoxy groups -OCH3 is 2. The van der Waals surface area contributed by atoms with Crippen LogP contribution in [0.4, 0.5) is 0 Å². The largest absolute Gasteiger partial charge is 0.354 e. The summed E-state index contributed by atoms with van der Waals surface area (Å²) in [6.45, 7) is 2.31. The number of amides is 1. The van der Waals surface area contributed by atoms with Gasteiger partial charge in [0, 0.05) is 26.7 Å². The molecular formula is C10H22N2O3. The molecule has 0 saturated carbocycles. The number of hydrogen-bond donors (Lipinski definition) is 2. The van der Waals surface area contributed by atoms with Crippen molar-refractivity contribution in [2.24, 2.45) is 5.73 Å². The van der Waals surface area contributed by atoms with Gasteiger partial charge in [0.05, 0.1) is 6.54 Å². The third-order valence-electron chi connectivity index (χ3n) is 2.05. The van der Waals surface area contributed by atoms with Gasteiger partial charge in [-0.05, 0) is 19.8 Å². The van der Waals surface area contributed by atoms with Crippen LogP contribution in [-0.4, -0.2) is 39.0 Å². The zero-order chi connectivity index (χ0) is 11.7. The van der Waals surface area contributed by atoms with Gasteiger partial charge >= 0.3 is 0 Å². The van der Waals surface area contributed by atoms with Crippen LogP contribution < -0.4 is 11.1 Å². The van der Waals surface area contributed by atoms with Crippen LogP contribution in [0.5, 0.6) is 0 Å². The van der Waals surface area contributed by atoms with Crippen LogP contribution in [0.1, 0.15) is 26.2 Å². The van der Waals surface area contributed by atoms with E-state index in [-0.39, 0.29) is 18.2 Å². The lowest BCUT2D eigenvalue weighted by Crippen LogP contribution is -2.34. The van der Waals surface area contributed by atoms with Crippen LogP contribution in [0.2, 0.25) is 0 Å². The van der Waals surface area contributed by atoms with Crippen LogP contribution >= 0.6 is 0 Å². The molecule has 1 amide bonds. The molecule has 0 saturated heterocycles. The van der Waals surface area contributed by atoms with Crippen LogP contribution in [0.15, 0.2) is 0 Å². The molecule has 1 unspecified atom stereocenters. The number of nitrogens with two attached hydrogens (primary N) is 1. The molecule has 0 bridgehead atoms. The van der Waals surface area contributed by atoms with Crippen molar-refractivity contribution >= 4 is 5.91 Å². The van der Waals surface area contributed by atoms with E-state index in [2.05, 4.69) is 5.32 Å². The molecule has 0 aliphatic rings. The highest BCUT2D eigenvalue weighted by Gasteiger charge is 2.07. The van der Waals surface area contributed by atoms with E-state index in [0.29, 0.717) is 13.0 Å². The first kappa shape index (κ1) is 14.3. The Labute approximate surface area is 91.3 Å². The lowest BCUT2D eigenvalue weighted by Gasteiger charge is -2.14. The van der Waals surface area contributed by atoms with E-state index >= 15 is 0 Å². The smallest absolute Gasteiger partial charge is 0.220 e. The van der Waals surface area contributed by atoms with Gasteiger partial charge in [-0.25, -0.2) is 0 Å². The Hall–Kier alpha value is -0.650. The van der Waals surface area contributed by atoms with Gasteiger partial charge < -0.3 is 20.5 Å². The van der Waals surface area contributed by atoms with Crippen LogP contribution in [0, 0.1) is 0 Å². The van der Waals surface area contributed by atoms with Crippen LogP contribution in [0.3, 0.4) is 0 Å². The van der Waals surface area contributed by atoms with E-state index in [1.165, 1.54) is 14.2 Å². The SMILES string of the molecule is COC(CNC(=O)CCCC(C)N)OC. The van der Waals surface area contributed by atoms with Crippen molar-refractivity contribution in [2.75, 3.05) is 20.8 Å². The van der Waals surface area contributed by atoms with Gasteiger partial charge in [-0.1, -0.05) is 0 Å². The van der Waals surface area contributed by atoms with Gasteiger partial charge in [0.1, 0.15) is 0 Å². The number of carbonyl (C=O) groups excluding carboxylic acids is 1. The minimum Gasteiger partial charge on any atom is -0.354 e. The maximum atomic E-state index is 11.3. The molecule has 1 atom stereocenters. The average Bonchev–Trinajstić information content (AvgIpc) is 2.18. The number of hydrogen-bond acceptors (Lipinski definition) is 4. The summed E-state index contributed by atoms with van der Waals surface area (Å²) >= 11 is 0. The number of ether oxygens (including phenoxy) is 2. The summed E-state index contributed by atoms with van der Waals surface area (Å²) in [6, 6.07) is 0.156. The van der Waals surface area contributed by atoms with Crippen molar-refractivity contribution in [3.63, 3.8) is 0 Å². The number of nitrogens with one attached hydrogen (secondary N) is 1. The molecule has 5 nitrogen and oxygen atoms in total. The van der Waals surface area contributed by atoms with Gasteiger partial charge in [0.25, 0.3) is 0 Å². The molecule has 5 heteroatoms. The lowest BCUT2D eigenvalue weighted by atomic mass is 10.1. The third-order valence-corrected chi connectivity index (χ3v) is 2.05. The summed E-state index contributed by atoms with van der Waals surface area (Å²) in [5.41, 5.74) is 5.57. The van der Waals surface area contributed by atoms with Crippen molar-refractivity contribution in [1.29, 1.82) is 0 Å². The first-order valence-corrected chi connectivity index (χ1v) is 5.18. The molecule has 0 radical (unpaired) electrons. The lowest BCUT2D eigenvalue weighted by molar-refractivity contribution is -0.127. The zero-order valence-electron chi connectivity index (χ0n) is 9.79. The Morgan fingerprint density at radius 3 is 2.47 bits per heavy atom. The highest BCUT2D eigenvalue weighted by atomic mass is 16.7. The normalized spacial score (nSPS) is 12.9. The molecule has 0 heterocycles. The zero-order valence-corrected chi connectivity index (χ0v) is 9.79. The molecule has 0 fully saturated rings. The Morgan fingerprint density at radius 1 is 1.40 bits per heavy atom. The average molecular weight is 218 g/mol. The molecule has 0 aromatic heterocycles. The molecular weight excluding hydrogens is 196 g/mol. The fraction of sp³-hybridized carbons (Fsp3) is 0.900. The second-order valence-electron chi connectivity index (χ2n) is 3.57. The first-order valence-electron chi connectivity index (χ1n) is 5.18. The van der Waals surface area contributed by atoms with E-state index in [9.17, 15) is 4.79 Å². The Bertz CT molecular complexity index is 170. The molecule has 0 aliphatic heterocycles. The number of carbonyl (C=O) groups is 1. The van der Waals surface area contributed by atoms with Gasteiger partial charge in [-0.2, -0.15) is 0 Å². The van der Waals surface area contributed by atoms with Crippen molar-refractivity contribution in [2.45, 2.75) is 38.5 Å². The second kappa shape index (κ2) is 8.64. The van der Waals surface area contributed by atoms with E-state index in [4.69, 9.17) is 15.2 Å². The van der Waals surface area contributed by atoms with Crippen molar-refractivity contribution < 1.29 is 14.3 Å². The standard InChI is InChI=1S/C10H22N2O3/c1-8(11)5-4-6-9(13)12-7-10(14-2)15-3/h8,10H,4-7,11H2,1-3H3,(H,12,13). The maximum absolute atomic E-state index is 11.3. The van der Waals surface area contributed by atoms with E-state index in [0.717, 1.165) is 12.8 Å². The summed E-state index contributed by atoms with van der Waals surface area (Å²) < 4.78 is 9.87. The fourth-order valence-electron chi connectivity index (χ4n) is 1.13. The molecule has 0 spiro atoms. The Kier molecular flexibility index (Phi) is 8.27. The van der Waals surface area contributed by atoms with Crippen molar-refractivity contribution in [1.82, 2.24) is 5.32 Å². The minimum atomic E-state index is -0.373. The molecule has 0 aliphatic carbocycles. The summed E-state index contributed by atoms with van der Waals surface area (Å²) in [4.78, 5) is 11.3. The quantitative estimate of drug-likeness (QED) is 0.572. The van der Waals surface area contributed by atoms with E-state index in [1.807, 2.05) is 6.92 Å². The monoisotopic (exact) mass is 218 g/mol. The molecule has 90 valence electrons. The topological polar surface area (TPSA) is 73.6 Å². The highest BCUT2D eigenvalue weighted by Crippen LogP contribution is 1.98. The predicted molar refractivity (Wildman–Crippen MR) is 58.3 cm³/mol. The molecule has 0 rings (SSSR count). The summed E-state index contributed by atoms with van der Waals surface area (Å²) in [6.07, 6.45) is 1.81. The summed E-state index contributed by atoms with van der Waals surface area (Å²) in [5, 5.41) is 2.73. The predicted octanol–water partition coefficient (Wildman–Crippen LogP) is 0.239. The van der Waals surface area contributed by atoms with E-state index < -0.39 is 0 Å². The van der Waals surface area contributed by atoms with Gasteiger partial charge in [-0.3, -0.25) is 4.79 Å².